The minimum absolute atomic E-state index is 0.158. The molecule has 0 radical (unpaired) electrons. The Morgan fingerprint density at radius 3 is 3.17 bits per heavy atom. The fourth-order valence-electron chi connectivity index (χ4n) is 3.10. The molecule has 7 nitrogen and oxygen atoms in total. The Hall–Kier alpha value is -2.25. The summed E-state index contributed by atoms with van der Waals surface area (Å²) in [5.41, 5.74) is 1.98. The van der Waals surface area contributed by atoms with Crippen molar-refractivity contribution < 1.29 is 9.26 Å². The van der Waals surface area contributed by atoms with Crippen LogP contribution < -0.4 is 0 Å². The topological polar surface area (TPSA) is 80.1 Å². The Morgan fingerprint density at radius 1 is 1.39 bits per heavy atom. The summed E-state index contributed by atoms with van der Waals surface area (Å²) in [7, 11) is 2.07. The monoisotopic (exact) mass is 313 g/mol. The minimum atomic E-state index is -0.158. The lowest BCUT2D eigenvalue weighted by Crippen LogP contribution is -2.40. The van der Waals surface area contributed by atoms with Crippen LogP contribution in [0.5, 0.6) is 0 Å². The van der Waals surface area contributed by atoms with Crippen molar-refractivity contribution in [1.29, 1.82) is 0 Å². The molecule has 1 N–H and O–H groups in total. The van der Waals surface area contributed by atoms with E-state index >= 15 is 0 Å². The minimum Gasteiger partial charge on any atom is -0.363 e. The summed E-state index contributed by atoms with van der Waals surface area (Å²) in [4.78, 5) is 14.2. The number of ether oxygens (including phenoxy) is 1. The van der Waals surface area contributed by atoms with E-state index in [1.807, 2.05) is 18.3 Å². The summed E-state index contributed by atoms with van der Waals surface area (Å²) in [5, 5.41) is 5.19. The van der Waals surface area contributed by atoms with Gasteiger partial charge in [-0.05, 0) is 31.7 Å². The van der Waals surface area contributed by atoms with Crippen molar-refractivity contribution in [1.82, 2.24) is 25.0 Å². The van der Waals surface area contributed by atoms with Crippen LogP contribution in [-0.4, -0.2) is 51.2 Å². The van der Waals surface area contributed by atoms with Crippen LogP contribution in [0, 0.1) is 0 Å². The van der Waals surface area contributed by atoms with Gasteiger partial charge in [0.2, 0.25) is 0 Å². The molecule has 0 aliphatic carbocycles. The van der Waals surface area contributed by atoms with Crippen molar-refractivity contribution in [3.05, 3.63) is 41.8 Å². The lowest BCUT2D eigenvalue weighted by Gasteiger charge is -2.32. The van der Waals surface area contributed by atoms with Crippen molar-refractivity contribution in [3.63, 3.8) is 0 Å². The smallest absolute Gasteiger partial charge is 0.257 e. The van der Waals surface area contributed by atoms with Gasteiger partial charge in [-0.2, -0.15) is 4.98 Å². The summed E-state index contributed by atoms with van der Waals surface area (Å²) in [6.45, 7) is 3.74. The predicted octanol–water partition coefficient (Wildman–Crippen LogP) is 1.93. The third-order valence-electron chi connectivity index (χ3n) is 4.09. The first-order chi connectivity index (χ1) is 11.2. The second kappa shape index (κ2) is 5.75. The van der Waals surface area contributed by atoms with E-state index in [1.54, 1.807) is 6.20 Å². The zero-order valence-electron chi connectivity index (χ0n) is 13.2. The molecule has 0 bridgehead atoms. The molecule has 4 heterocycles. The number of rotatable bonds is 3. The molecule has 7 heteroatoms. The molecule has 1 fully saturated rings. The summed E-state index contributed by atoms with van der Waals surface area (Å²) >= 11 is 0. The van der Waals surface area contributed by atoms with Gasteiger partial charge < -0.3 is 19.1 Å². The van der Waals surface area contributed by atoms with E-state index in [4.69, 9.17) is 9.26 Å². The highest BCUT2D eigenvalue weighted by Crippen LogP contribution is 2.24. The van der Waals surface area contributed by atoms with Crippen LogP contribution >= 0.6 is 0 Å². The highest BCUT2D eigenvalue weighted by molar-refractivity contribution is 5.79. The number of nitrogens with zero attached hydrogens (tertiary/aromatic N) is 4. The number of nitrogens with one attached hydrogen (secondary N) is 1. The quantitative estimate of drug-likeness (QED) is 0.796. The largest absolute Gasteiger partial charge is 0.363 e. The van der Waals surface area contributed by atoms with Crippen LogP contribution in [-0.2, 0) is 11.2 Å². The number of likely N-dealkylation sites (N-methyl/N-ethyl adjacent to an activating group) is 1. The van der Waals surface area contributed by atoms with E-state index in [-0.39, 0.29) is 12.2 Å². The molecule has 0 spiro atoms. The Morgan fingerprint density at radius 2 is 2.30 bits per heavy atom. The molecule has 1 aliphatic heterocycles. The molecule has 120 valence electrons. The van der Waals surface area contributed by atoms with Gasteiger partial charge in [-0.3, -0.25) is 0 Å². The van der Waals surface area contributed by atoms with Crippen molar-refractivity contribution in [2.75, 3.05) is 20.1 Å². The number of morpholine rings is 1. The van der Waals surface area contributed by atoms with Crippen LogP contribution in [0.15, 0.2) is 29.0 Å². The lowest BCUT2D eigenvalue weighted by atomic mass is 10.1. The van der Waals surface area contributed by atoms with E-state index in [0.29, 0.717) is 18.1 Å². The molecule has 3 aromatic heterocycles. The molecule has 0 saturated carbocycles. The molecule has 3 aromatic rings. The molecule has 0 amide bonds. The summed E-state index contributed by atoms with van der Waals surface area (Å²) in [6, 6.07) is 3.96. The van der Waals surface area contributed by atoms with Crippen molar-refractivity contribution in [2.24, 2.45) is 0 Å². The maximum absolute atomic E-state index is 5.91. The number of H-pyrrole nitrogens is 1. The van der Waals surface area contributed by atoms with Gasteiger partial charge in [0.25, 0.3) is 5.89 Å². The first kappa shape index (κ1) is 14.3. The molecule has 1 aliphatic rings. The highest BCUT2D eigenvalue weighted by atomic mass is 16.5. The Bertz CT molecular complexity index is 802. The molecular weight excluding hydrogens is 294 g/mol. The lowest BCUT2D eigenvalue weighted by molar-refractivity contribution is -0.0838. The number of fused-ring (bicyclic) bond motifs is 1. The number of aromatic amines is 1. The SMILES string of the molecule is C[C@@H]1CN(C)C[C@H](c2nc(Cc3c[nH]c4ncccc34)no2)O1. The third-order valence-corrected chi connectivity index (χ3v) is 4.09. The number of pyridine rings is 1. The van der Waals surface area contributed by atoms with Gasteiger partial charge in [0.1, 0.15) is 11.8 Å². The van der Waals surface area contributed by atoms with E-state index in [2.05, 4.69) is 39.0 Å². The predicted molar refractivity (Wildman–Crippen MR) is 84.0 cm³/mol. The van der Waals surface area contributed by atoms with Gasteiger partial charge >= 0.3 is 0 Å². The zero-order chi connectivity index (χ0) is 15.8. The molecule has 0 aromatic carbocycles. The first-order valence-electron chi connectivity index (χ1n) is 7.76. The van der Waals surface area contributed by atoms with Crippen molar-refractivity contribution >= 4 is 11.0 Å². The fraction of sp³-hybridized carbons (Fsp3) is 0.438. The van der Waals surface area contributed by atoms with Crippen LogP contribution in [0.4, 0.5) is 0 Å². The number of hydrogen-bond donors (Lipinski definition) is 1. The van der Waals surface area contributed by atoms with Gasteiger partial charge in [-0.1, -0.05) is 5.16 Å². The van der Waals surface area contributed by atoms with Gasteiger partial charge in [0.15, 0.2) is 5.82 Å². The maximum Gasteiger partial charge on any atom is 0.257 e. The molecule has 23 heavy (non-hydrogen) atoms. The Balaban J connectivity index is 1.54. The summed E-state index contributed by atoms with van der Waals surface area (Å²) in [5.74, 6) is 1.21. The zero-order valence-corrected chi connectivity index (χ0v) is 13.2. The van der Waals surface area contributed by atoms with Crippen molar-refractivity contribution in [3.8, 4) is 0 Å². The summed E-state index contributed by atoms with van der Waals surface area (Å²) in [6.07, 6.45) is 4.32. The molecular formula is C16H19N5O2. The molecule has 0 unspecified atom stereocenters. The van der Waals surface area contributed by atoms with Gasteiger partial charge in [0.05, 0.1) is 6.10 Å². The van der Waals surface area contributed by atoms with E-state index in [1.165, 1.54) is 0 Å². The van der Waals surface area contributed by atoms with Gasteiger partial charge in [0, 0.05) is 37.3 Å². The maximum atomic E-state index is 5.91. The van der Waals surface area contributed by atoms with Crippen LogP contribution in [0.1, 0.15) is 30.3 Å². The third kappa shape index (κ3) is 2.85. The summed E-state index contributed by atoms with van der Waals surface area (Å²) < 4.78 is 11.3. The van der Waals surface area contributed by atoms with E-state index in [9.17, 15) is 0 Å². The van der Waals surface area contributed by atoms with E-state index in [0.717, 1.165) is 29.7 Å². The number of hydrogen-bond acceptors (Lipinski definition) is 6. The van der Waals surface area contributed by atoms with Crippen LogP contribution in [0.2, 0.25) is 0 Å². The van der Waals surface area contributed by atoms with Crippen LogP contribution in [0.25, 0.3) is 11.0 Å². The average Bonchev–Trinajstić information content (AvgIpc) is 3.15. The fourth-order valence-corrected chi connectivity index (χ4v) is 3.10. The second-order valence-corrected chi connectivity index (χ2v) is 6.10. The molecule has 2 atom stereocenters. The number of aromatic nitrogens is 4. The second-order valence-electron chi connectivity index (χ2n) is 6.10. The van der Waals surface area contributed by atoms with Gasteiger partial charge in [-0.25, -0.2) is 4.98 Å². The standard InChI is InChI=1S/C16H19N5O2/c1-10-8-21(2)9-13(22-10)16-19-14(20-23-16)6-11-7-18-15-12(11)4-3-5-17-15/h3-5,7,10,13H,6,8-9H2,1-2H3,(H,17,18)/t10-,13-/m1/s1. The first-order valence-corrected chi connectivity index (χ1v) is 7.76. The Kier molecular flexibility index (Phi) is 3.59. The highest BCUT2D eigenvalue weighted by Gasteiger charge is 2.28. The van der Waals surface area contributed by atoms with Crippen LogP contribution in [0.3, 0.4) is 0 Å². The Labute approximate surface area is 133 Å². The normalized spacial score (nSPS) is 22.7. The van der Waals surface area contributed by atoms with Gasteiger partial charge in [-0.15, -0.1) is 0 Å². The van der Waals surface area contributed by atoms with E-state index < -0.39 is 0 Å². The molecule has 4 rings (SSSR count). The van der Waals surface area contributed by atoms with Crippen molar-refractivity contribution in [2.45, 2.75) is 25.6 Å². The molecule has 1 saturated heterocycles. The average molecular weight is 313 g/mol.